The number of rotatable bonds is 7. The summed E-state index contributed by atoms with van der Waals surface area (Å²) < 4.78 is 26.5. The molecule has 5 heteroatoms. The van der Waals surface area contributed by atoms with Gasteiger partial charge in [0.1, 0.15) is 0 Å². The molecule has 0 atom stereocenters. The second-order valence-corrected chi connectivity index (χ2v) is 6.32. The van der Waals surface area contributed by atoms with Crippen LogP contribution >= 0.6 is 0 Å². The normalized spacial score (nSPS) is 11.3. The van der Waals surface area contributed by atoms with E-state index in [1.54, 1.807) is 12.1 Å². The summed E-state index contributed by atoms with van der Waals surface area (Å²) in [5.74, 6) is 0. The maximum Gasteiger partial charge on any atom is 0.240 e. The fourth-order valence-corrected chi connectivity index (χ4v) is 2.46. The summed E-state index contributed by atoms with van der Waals surface area (Å²) in [4.78, 5) is 0.301. The van der Waals surface area contributed by atoms with Crippen LogP contribution in [0.3, 0.4) is 0 Å². The molecule has 0 aliphatic carbocycles. The maximum atomic E-state index is 12.0. The van der Waals surface area contributed by atoms with Crippen LogP contribution in [0, 0.1) is 0 Å². The summed E-state index contributed by atoms with van der Waals surface area (Å²) in [6.07, 6.45) is 1.84. The van der Waals surface area contributed by atoms with Crippen molar-refractivity contribution < 1.29 is 8.42 Å². The number of sulfonamides is 1. The van der Waals surface area contributed by atoms with Crippen molar-refractivity contribution in [2.75, 3.05) is 13.1 Å². The van der Waals surface area contributed by atoms with Crippen LogP contribution in [-0.2, 0) is 16.6 Å². The molecule has 2 N–H and O–H groups in total. The lowest BCUT2D eigenvalue weighted by molar-refractivity contribution is 0.585. The summed E-state index contributed by atoms with van der Waals surface area (Å²) in [5.41, 5.74) is 2.16. The van der Waals surface area contributed by atoms with Crippen LogP contribution in [0.1, 0.15) is 26.3 Å². The molecular weight excluding hydrogens is 260 g/mol. The zero-order valence-corrected chi connectivity index (χ0v) is 12.5. The number of allylic oxidation sites excluding steroid dienone is 1. The Labute approximate surface area is 116 Å². The summed E-state index contributed by atoms with van der Waals surface area (Å²) in [5, 5.41) is 3.20. The molecule has 0 amide bonds. The third-order valence-electron chi connectivity index (χ3n) is 2.60. The van der Waals surface area contributed by atoms with E-state index in [1.165, 1.54) is 0 Å². The lowest BCUT2D eigenvalue weighted by atomic mass is 10.2. The largest absolute Gasteiger partial charge is 0.313 e. The highest BCUT2D eigenvalue weighted by Gasteiger charge is 2.12. The number of nitrogens with one attached hydrogen (secondary N) is 2. The molecule has 1 rings (SSSR count). The smallest absolute Gasteiger partial charge is 0.240 e. The van der Waals surface area contributed by atoms with Gasteiger partial charge in [0.2, 0.25) is 10.0 Å². The number of hydrogen-bond acceptors (Lipinski definition) is 3. The minimum absolute atomic E-state index is 0.301. The van der Waals surface area contributed by atoms with Crippen LogP contribution in [0.2, 0.25) is 0 Å². The number of hydrogen-bond donors (Lipinski definition) is 2. The van der Waals surface area contributed by atoms with Gasteiger partial charge in [-0.15, -0.1) is 0 Å². The van der Waals surface area contributed by atoms with Crippen molar-refractivity contribution in [2.24, 2.45) is 0 Å². The number of benzene rings is 1. The molecule has 0 saturated heterocycles. The van der Waals surface area contributed by atoms with Crippen LogP contribution in [-0.4, -0.2) is 21.5 Å². The Morgan fingerprint density at radius 2 is 1.84 bits per heavy atom. The van der Waals surface area contributed by atoms with Crippen molar-refractivity contribution in [3.63, 3.8) is 0 Å². The van der Waals surface area contributed by atoms with Gasteiger partial charge in [0.05, 0.1) is 4.90 Å². The van der Waals surface area contributed by atoms with Crippen molar-refractivity contribution in [1.82, 2.24) is 10.0 Å². The van der Waals surface area contributed by atoms with E-state index in [-0.39, 0.29) is 0 Å². The SMILES string of the molecule is CCNCc1ccc(S(=O)(=O)NCC=C(C)C)cc1. The second-order valence-electron chi connectivity index (χ2n) is 4.56. The van der Waals surface area contributed by atoms with Gasteiger partial charge in [0.25, 0.3) is 0 Å². The fourth-order valence-electron chi connectivity index (χ4n) is 1.49. The Morgan fingerprint density at radius 1 is 1.21 bits per heavy atom. The van der Waals surface area contributed by atoms with Crippen LogP contribution in [0.4, 0.5) is 0 Å². The minimum Gasteiger partial charge on any atom is -0.313 e. The predicted octanol–water partition coefficient (Wildman–Crippen LogP) is 2.04. The molecule has 0 aromatic heterocycles. The Morgan fingerprint density at radius 3 is 2.37 bits per heavy atom. The second kappa shape index (κ2) is 7.43. The van der Waals surface area contributed by atoms with E-state index >= 15 is 0 Å². The molecule has 0 heterocycles. The van der Waals surface area contributed by atoms with Gasteiger partial charge in [-0.2, -0.15) is 0 Å². The van der Waals surface area contributed by atoms with Gasteiger partial charge in [0.15, 0.2) is 0 Å². The first kappa shape index (κ1) is 15.9. The third-order valence-corrected chi connectivity index (χ3v) is 4.04. The summed E-state index contributed by atoms with van der Waals surface area (Å²) in [6, 6.07) is 6.94. The van der Waals surface area contributed by atoms with Gasteiger partial charge < -0.3 is 5.32 Å². The molecule has 19 heavy (non-hydrogen) atoms. The monoisotopic (exact) mass is 282 g/mol. The summed E-state index contributed by atoms with van der Waals surface area (Å²) in [7, 11) is -3.41. The predicted molar refractivity (Wildman–Crippen MR) is 78.4 cm³/mol. The average Bonchev–Trinajstić information content (AvgIpc) is 2.36. The van der Waals surface area contributed by atoms with E-state index in [1.807, 2.05) is 39.0 Å². The van der Waals surface area contributed by atoms with E-state index in [0.29, 0.717) is 11.4 Å². The zero-order chi connectivity index (χ0) is 14.3. The Kier molecular flexibility index (Phi) is 6.21. The van der Waals surface area contributed by atoms with Crippen molar-refractivity contribution in [1.29, 1.82) is 0 Å². The quantitative estimate of drug-likeness (QED) is 0.752. The first-order chi connectivity index (χ1) is 8.95. The van der Waals surface area contributed by atoms with Crippen molar-refractivity contribution in [3.8, 4) is 0 Å². The Bertz CT molecular complexity index is 515. The zero-order valence-electron chi connectivity index (χ0n) is 11.7. The van der Waals surface area contributed by atoms with Crippen LogP contribution in [0.25, 0.3) is 0 Å². The molecule has 4 nitrogen and oxygen atoms in total. The van der Waals surface area contributed by atoms with Crippen molar-refractivity contribution in [3.05, 3.63) is 41.5 Å². The molecule has 1 aromatic rings. The third kappa shape index (κ3) is 5.55. The molecule has 0 unspecified atom stereocenters. The van der Waals surface area contributed by atoms with Crippen LogP contribution in [0.5, 0.6) is 0 Å². The van der Waals surface area contributed by atoms with Gasteiger partial charge in [-0.25, -0.2) is 13.1 Å². The average molecular weight is 282 g/mol. The molecule has 0 aliphatic heterocycles. The molecule has 0 aliphatic rings. The van der Waals surface area contributed by atoms with Crippen molar-refractivity contribution >= 4 is 10.0 Å². The van der Waals surface area contributed by atoms with Gasteiger partial charge in [-0.05, 0) is 38.1 Å². The summed E-state index contributed by atoms with van der Waals surface area (Å²) in [6.45, 7) is 7.87. The molecule has 0 spiro atoms. The standard InChI is InChI=1S/C14H22N2O2S/c1-4-15-11-13-5-7-14(8-6-13)19(17,18)16-10-9-12(2)3/h5-9,15-16H,4,10-11H2,1-3H3. The first-order valence-corrected chi connectivity index (χ1v) is 7.86. The molecule has 0 radical (unpaired) electrons. The summed E-state index contributed by atoms with van der Waals surface area (Å²) >= 11 is 0. The molecular formula is C14H22N2O2S. The molecule has 0 bridgehead atoms. The van der Waals surface area contributed by atoms with Gasteiger partial charge in [-0.3, -0.25) is 0 Å². The molecule has 106 valence electrons. The van der Waals surface area contributed by atoms with E-state index in [2.05, 4.69) is 10.0 Å². The van der Waals surface area contributed by atoms with E-state index in [9.17, 15) is 8.42 Å². The Hall–Kier alpha value is -1.17. The van der Waals surface area contributed by atoms with Gasteiger partial charge in [-0.1, -0.05) is 30.7 Å². The first-order valence-electron chi connectivity index (χ1n) is 6.38. The minimum atomic E-state index is -3.41. The lowest BCUT2D eigenvalue weighted by Crippen LogP contribution is -2.24. The van der Waals surface area contributed by atoms with Crippen molar-refractivity contribution in [2.45, 2.75) is 32.2 Å². The van der Waals surface area contributed by atoms with Crippen LogP contribution < -0.4 is 10.0 Å². The highest BCUT2D eigenvalue weighted by Crippen LogP contribution is 2.10. The van der Waals surface area contributed by atoms with Crippen LogP contribution in [0.15, 0.2) is 40.8 Å². The maximum absolute atomic E-state index is 12.0. The fraction of sp³-hybridized carbons (Fsp3) is 0.429. The van der Waals surface area contributed by atoms with Gasteiger partial charge in [0, 0.05) is 13.1 Å². The highest BCUT2D eigenvalue weighted by molar-refractivity contribution is 7.89. The van der Waals surface area contributed by atoms with E-state index in [4.69, 9.17) is 0 Å². The molecule has 0 saturated carbocycles. The highest BCUT2D eigenvalue weighted by atomic mass is 32.2. The molecule has 0 fully saturated rings. The van der Waals surface area contributed by atoms with E-state index < -0.39 is 10.0 Å². The molecule has 1 aromatic carbocycles. The van der Waals surface area contributed by atoms with E-state index in [0.717, 1.165) is 24.2 Å². The lowest BCUT2D eigenvalue weighted by Gasteiger charge is -2.07. The van der Waals surface area contributed by atoms with Gasteiger partial charge >= 0.3 is 0 Å². The topological polar surface area (TPSA) is 58.2 Å². The Balaban J connectivity index is 2.70.